The highest BCUT2D eigenvalue weighted by atomic mass is 35.5. The molecule has 0 spiro atoms. The predicted octanol–water partition coefficient (Wildman–Crippen LogP) is 5.90. The standard InChI is InChI=1S/C28H37ClN4O4S2/c1-5-21-10-8-9-17-33(21)39(35,36)22-13-11-20(12-14-22)27(34)32(19-18-31(6-2)7-3)28-30-25-24(37-4)16-15-23(29)26(25)38-28/h11-16,21H,5-10,17-19H2,1-4H3. The molecule has 0 bridgehead atoms. The number of methoxy groups -OCH3 is 1. The Morgan fingerprint density at radius 1 is 1.10 bits per heavy atom. The number of rotatable bonds is 11. The molecule has 1 aliphatic rings. The maximum Gasteiger partial charge on any atom is 0.260 e. The number of halogens is 1. The van der Waals surface area contributed by atoms with Crippen molar-refractivity contribution >= 4 is 54.2 Å². The number of hydrogen-bond acceptors (Lipinski definition) is 7. The van der Waals surface area contributed by atoms with Crippen LogP contribution in [0.25, 0.3) is 10.2 Å². The topological polar surface area (TPSA) is 83.1 Å². The first kappa shape index (κ1) is 29.7. The third-order valence-corrected chi connectivity index (χ3v) is 10.9. The Bertz CT molecular complexity index is 1390. The van der Waals surface area contributed by atoms with E-state index < -0.39 is 10.0 Å². The van der Waals surface area contributed by atoms with Gasteiger partial charge in [-0.15, -0.1) is 0 Å². The maximum absolute atomic E-state index is 13.9. The van der Waals surface area contributed by atoms with E-state index in [1.807, 2.05) is 6.92 Å². The van der Waals surface area contributed by atoms with Gasteiger partial charge in [-0.3, -0.25) is 9.69 Å². The van der Waals surface area contributed by atoms with Crippen molar-refractivity contribution in [2.24, 2.45) is 0 Å². The molecular formula is C28H37ClN4O4S2. The highest BCUT2D eigenvalue weighted by Crippen LogP contribution is 2.39. The Hall–Kier alpha value is -2.24. The molecule has 2 aromatic carbocycles. The number of sulfonamides is 1. The summed E-state index contributed by atoms with van der Waals surface area (Å²) < 4.78 is 34.7. The minimum Gasteiger partial charge on any atom is -0.494 e. The zero-order valence-electron chi connectivity index (χ0n) is 23.0. The van der Waals surface area contributed by atoms with E-state index in [9.17, 15) is 13.2 Å². The highest BCUT2D eigenvalue weighted by molar-refractivity contribution is 7.89. The number of piperidine rings is 1. The van der Waals surface area contributed by atoms with Gasteiger partial charge in [-0.25, -0.2) is 13.4 Å². The minimum atomic E-state index is -3.63. The van der Waals surface area contributed by atoms with Gasteiger partial charge in [0.25, 0.3) is 5.91 Å². The van der Waals surface area contributed by atoms with Crippen molar-refractivity contribution in [1.82, 2.24) is 14.2 Å². The lowest BCUT2D eigenvalue weighted by atomic mass is 10.0. The average molecular weight is 593 g/mol. The SMILES string of the molecule is CCC1CCCCN1S(=O)(=O)c1ccc(C(=O)N(CCN(CC)CC)c2nc3c(OC)ccc(Cl)c3s2)cc1. The number of fused-ring (bicyclic) bond motifs is 1. The van der Waals surface area contributed by atoms with Gasteiger partial charge in [0.1, 0.15) is 11.3 Å². The molecule has 1 atom stereocenters. The summed E-state index contributed by atoms with van der Waals surface area (Å²) in [4.78, 5) is 22.7. The third-order valence-electron chi connectivity index (χ3n) is 7.43. The van der Waals surface area contributed by atoms with E-state index in [-0.39, 0.29) is 16.8 Å². The van der Waals surface area contributed by atoms with Crippen molar-refractivity contribution in [3.63, 3.8) is 0 Å². The van der Waals surface area contributed by atoms with Gasteiger partial charge < -0.3 is 9.64 Å². The fourth-order valence-electron chi connectivity index (χ4n) is 5.05. The maximum atomic E-state index is 13.9. The van der Waals surface area contributed by atoms with Crippen LogP contribution in [0, 0.1) is 0 Å². The average Bonchev–Trinajstić information content (AvgIpc) is 3.41. The molecule has 212 valence electrons. The number of aromatic nitrogens is 1. The van der Waals surface area contributed by atoms with Crippen molar-refractivity contribution in [3.05, 3.63) is 47.0 Å². The van der Waals surface area contributed by atoms with Crippen LogP contribution in [0.4, 0.5) is 5.13 Å². The molecule has 1 saturated heterocycles. The summed E-state index contributed by atoms with van der Waals surface area (Å²) in [7, 11) is -2.06. The van der Waals surface area contributed by atoms with E-state index in [0.717, 1.165) is 43.5 Å². The number of nitrogens with zero attached hydrogens (tertiary/aromatic N) is 4. The van der Waals surface area contributed by atoms with E-state index >= 15 is 0 Å². The van der Waals surface area contributed by atoms with E-state index in [1.165, 1.54) is 11.3 Å². The number of hydrogen-bond donors (Lipinski definition) is 0. The molecule has 1 aromatic heterocycles. The van der Waals surface area contributed by atoms with Gasteiger partial charge in [0, 0.05) is 31.2 Å². The van der Waals surface area contributed by atoms with Gasteiger partial charge in [0.05, 0.1) is 21.7 Å². The zero-order chi connectivity index (χ0) is 28.2. The molecule has 0 aliphatic carbocycles. The van der Waals surface area contributed by atoms with E-state index in [2.05, 4.69) is 18.7 Å². The summed E-state index contributed by atoms with van der Waals surface area (Å²) in [5.41, 5.74) is 1.01. The highest BCUT2D eigenvalue weighted by Gasteiger charge is 2.33. The Labute approximate surface area is 240 Å². The lowest BCUT2D eigenvalue weighted by molar-refractivity contribution is 0.0983. The van der Waals surface area contributed by atoms with Crippen LogP contribution in [-0.4, -0.2) is 74.4 Å². The van der Waals surface area contributed by atoms with E-state index in [0.29, 0.717) is 46.6 Å². The van der Waals surface area contributed by atoms with Crippen molar-refractivity contribution in [1.29, 1.82) is 0 Å². The summed E-state index contributed by atoms with van der Waals surface area (Å²) in [5.74, 6) is 0.343. The number of anilines is 1. The van der Waals surface area contributed by atoms with Crippen molar-refractivity contribution in [2.75, 3.05) is 44.7 Å². The molecule has 3 aromatic rings. The van der Waals surface area contributed by atoms with Crippen LogP contribution in [0.1, 0.15) is 56.8 Å². The fraction of sp³-hybridized carbons (Fsp3) is 0.500. The Balaban J connectivity index is 1.66. The van der Waals surface area contributed by atoms with Crippen molar-refractivity contribution < 1.29 is 17.9 Å². The lowest BCUT2D eigenvalue weighted by Gasteiger charge is -2.34. The Morgan fingerprint density at radius 2 is 1.82 bits per heavy atom. The second-order valence-electron chi connectivity index (χ2n) is 9.61. The number of carbonyl (C=O) groups is 1. The summed E-state index contributed by atoms with van der Waals surface area (Å²) in [6, 6.07) is 9.84. The third kappa shape index (κ3) is 6.25. The molecule has 1 fully saturated rings. The molecule has 2 heterocycles. The van der Waals surface area contributed by atoms with Crippen LogP contribution in [0.5, 0.6) is 5.75 Å². The molecule has 11 heteroatoms. The van der Waals surface area contributed by atoms with Gasteiger partial charge in [0.15, 0.2) is 5.13 Å². The molecule has 0 saturated carbocycles. The van der Waals surface area contributed by atoms with Gasteiger partial charge in [-0.1, -0.05) is 50.1 Å². The van der Waals surface area contributed by atoms with Gasteiger partial charge in [-0.2, -0.15) is 4.31 Å². The molecule has 1 amide bonds. The molecule has 1 unspecified atom stereocenters. The summed E-state index contributed by atoms with van der Waals surface area (Å²) in [6.45, 7) is 9.54. The van der Waals surface area contributed by atoms with Crippen molar-refractivity contribution in [2.45, 2.75) is 57.4 Å². The van der Waals surface area contributed by atoms with Crippen LogP contribution in [0.2, 0.25) is 5.02 Å². The zero-order valence-corrected chi connectivity index (χ0v) is 25.4. The summed E-state index contributed by atoms with van der Waals surface area (Å²) >= 11 is 7.80. The minimum absolute atomic E-state index is 0.0171. The fourth-order valence-corrected chi connectivity index (χ4v) is 8.09. The Kier molecular flexibility index (Phi) is 9.87. The quantitative estimate of drug-likeness (QED) is 0.276. The van der Waals surface area contributed by atoms with Crippen LogP contribution in [-0.2, 0) is 10.0 Å². The second kappa shape index (κ2) is 13.0. The molecule has 1 aliphatic heterocycles. The number of benzene rings is 2. The number of thiazole rings is 1. The predicted molar refractivity (Wildman–Crippen MR) is 159 cm³/mol. The largest absolute Gasteiger partial charge is 0.494 e. The summed E-state index contributed by atoms with van der Waals surface area (Å²) in [6.07, 6.45) is 3.58. The van der Waals surface area contributed by atoms with Gasteiger partial charge in [0.2, 0.25) is 10.0 Å². The number of likely N-dealkylation sites (N-methyl/N-ethyl adjacent to an activating group) is 1. The monoisotopic (exact) mass is 592 g/mol. The second-order valence-corrected chi connectivity index (χ2v) is 12.9. The smallest absolute Gasteiger partial charge is 0.260 e. The molecular weight excluding hydrogens is 556 g/mol. The van der Waals surface area contributed by atoms with Crippen LogP contribution in [0.15, 0.2) is 41.3 Å². The van der Waals surface area contributed by atoms with Gasteiger partial charge >= 0.3 is 0 Å². The molecule has 0 radical (unpaired) electrons. The van der Waals surface area contributed by atoms with E-state index in [4.69, 9.17) is 21.3 Å². The Morgan fingerprint density at radius 3 is 2.46 bits per heavy atom. The number of amides is 1. The van der Waals surface area contributed by atoms with Crippen LogP contribution >= 0.6 is 22.9 Å². The van der Waals surface area contributed by atoms with Crippen molar-refractivity contribution in [3.8, 4) is 5.75 Å². The van der Waals surface area contributed by atoms with Crippen LogP contribution in [0.3, 0.4) is 0 Å². The molecule has 8 nitrogen and oxygen atoms in total. The normalized spacial score (nSPS) is 16.6. The first-order chi connectivity index (χ1) is 18.7. The van der Waals surface area contributed by atoms with E-state index in [1.54, 1.807) is 52.7 Å². The molecule has 0 N–H and O–H groups in total. The molecule has 4 rings (SSSR count). The number of carbonyl (C=O) groups excluding carboxylic acids is 1. The number of ether oxygens (including phenoxy) is 1. The van der Waals surface area contributed by atoms with Gasteiger partial charge in [-0.05, 0) is 68.8 Å². The van der Waals surface area contributed by atoms with Crippen LogP contribution < -0.4 is 9.64 Å². The first-order valence-electron chi connectivity index (χ1n) is 13.5. The first-order valence-corrected chi connectivity index (χ1v) is 16.2. The summed E-state index contributed by atoms with van der Waals surface area (Å²) in [5, 5.41) is 1.06. The molecule has 39 heavy (non-hydrogen) atoms. The lowest BCUT2D eigenvalue weighted by Crippen LogP contribution is -2.43.